The van der Waals surface area contributed by atoms with Crippen LogP contribution in [-0.2, 0) is 19.1 Å². The van der Waals surface area contributed by atoms with Crippen LogP contribution < -0.4 is 11.1 Å². The summed E-state index contributed by atoms with van der Waals surface area (Å²) in [4.78, 5) is 50.3. The van der Waals surface area contributed by atoms with Crippen molar-refractivity contribution in [2.45, 2.75) is 28.4 Å². The van der Waals surface area contributed by atoms with Crippen LogP contribution in [0.3, 0.4) is 0 Å². The van der Waals surface area contributed by atoms with Crippen molar-refractivity contribution in [2.24, 2.45) is 0 Å². The van der Waals surface area contributed by atoms with E-state index in [0.29, 0.717) is 15.9 Å². The molecule has 1 saturated heterocycles. The molecule has 0 saturated carbocycles. The van der Waals surface area contributed by atoms with Crippen molar-refractivity contribution >= 4 is 69.9 Å². The number of nitrogens with zero attached hydrogens (tertiary/aromatic N) is 4. The summed E-state index contributed by atoms with van der Waals surface area (Å²) in [7, 11) is 0. The van der Waals surface area contributed by atoms with Crippen LogP contribution in [0.4, 0.5) is 14.6 Å². The summed E-state index contributed by atoms with van der Waals surface area (Å²) in [5.74, 6) is -4.83. The number of H-pyrrole nitrogens is 1. The van der Waals surface area contributed by atoms with E-state index < -0.39 is 46.8 Å². The second-order valence-corrected chi connectivity index (χ2v) is 12.7. The number of hydrogen-bond donors (Lipinski definition) is 3. The minimum atomic E-state index is -2.72. The number of hydrogen-bond acceptors (Lipinski definition) is 11. The van der Waals surface area contributed by atoms with E-state index in [0.717, 1.165) is 22.9 Å². The minimum Gasteiger partial charge on any atom is -0.448 e. The van der Waals surface area contributed by atoms with Gasteiger partial charge in [0.25, 0.3) is 11.7 Å². The summed E-state index contributed by atoms with van der Waals surface area (Å²) in [5, 5.41) is 9.33. The van der Waals surface area contributed by atoms with Crippen LogP contribution in [0.15, 0.2) is 82.6 Å². The third-order valence-electron chi connectivity index (χ3n) is 6.75. The van der Waals surface area contributed by atoms with E-state index in [2.05, 4.69) is 25.5 Å². The van der Waals surface area contributed by atoms with Crippen LogP contribution in [0.25, 0.3) is 11.0 Å². The Bertz CT molecular complexity index is 1700. The molecule has 0 aliphatic carbocycles. The molecule has 2 aliphatic rings. The van der Waals surface area contributed by atoms with Gasteiger partial charge in [-0.05, 0) is 11.1 Å². The Kier molecular flexibility index (Phi) is 8.72. The maximum atomic E-state index is 14.1. The molecule has 0 radical (unpaired) electrons. The molecule has 2 atom stereocenters. The van der Waals surface area contributed by atoms with Gasteiger partial charge in [-0.2, -0.15) is 13.9 Å². The molecule has 44 heavy (non-hydrogen) atoms. The molecule has 0 spiro atoms. The molecule has 1 unspecified atom stereocenters. The number of aromatic amines is 1. The van der Waals surface area contributed by atoms with Gasteiger partial charge in [0, 0.05) is 10.7 Å². The van der Waals surface area contributed by atoms with Crippen LogP contribution >= 0.6 is 35.3 Å². The third-order valence-corrected chi connectivity index (χ3v) is 9.84. The monoisotopic (exact) mass is 655 g/mol. The van der Waals surface area contributed by atoms with Crippen molar-refractivity contribution in [3.05, 3.63) is 88.6 Å². The fraction of sp³-hybridized carbons (Fsp3) is 0.214. The molecule has 2 aliphatic heterocycles. The van der Waals surface area contributed by atoms with Gasteiger partial charge in [0.2, 0.25) is 5.91 Å². The van der Waals surface area contributed by atoms with Gasteiger partial charge in [0.1, 0.15) is 22.9 Å². The third kappa shape index (κ3) is 6.09. The highest BCUT2D eigenvalue weighted by molar-refractivity contribution is 8.06. The Balaban J connectivity index is 1.33. The van der Waals surface area contributed by atoms with Gasteiger partial charge in [-0.25, -0.2) is 14.8 Å². The number of halogens is 2. The molecule has 4 heterocycles. The molecule has 2 aromatic heterocycles. The van der Waals surface area contributed by atoms with Gasteiger partial charge < -0.3 is 15.8 Å². The molecule has 4 aromatic rings. The van der Waals surface area contributed by atoms with E-state index in [-0.39, 0.29) is 34.2 Å². The lowest BCUT2D eigenvalue weighted by Crippen LogP contribution is -2.70. The zero-order valence-electron chi connectivity index (χ0n) is 22.6. The highest BCUT2D eigenvalue weighted by atomic mass is 32.2. The molecule has 6 rings (SSSR count). The number of benzene rings is 2. The van der Waals surface area contributed by atoms with Crippen LogP contribution in [0.5, 0.6) is 0 Å². The quantitative estimate of drug-likeness (QED) is 0.129. The van der Waals surface area contributed by atoms with Gasteiger partial charge in [0.05, 0.1) is 17.3 Å². The van der Waals surface area contributed by atoms with Crippen molar-refractivity contribution < 1.29 is 27.9 Å². The summed E-state index contributed by atoms with van der Waals surface area (Å²) in [6, 6.07) is 17.4. The van der Waals surface area contributed by atoms with Gasteiger partial charge >= 0.3 is 5.97 Å². The number of nitrogens with one attached hydrogen (secondary N) is 2. The first-order valence-electron chi connectivity index (χ1n) is 13.1. The van der Waals surface area contributed by atoms with Crippen LogP contribution in [0, 0.1) is 0 Å². The van der Waals surface area contributed by atoms with E-state index in [1.165, 1.54) is 22.9 Å². The molecular formula is C28H23F2N7O4S3. The van der Waals surface area contributed by atoms with E-state index in [1.807, 2.05) is 60.7 Å². The van der Waals surface area contributed by atoms with Crippen LogP contribution in [-0.4, -0.2) is 71.5 Å². The Morgan fingerprint density at radius 3 is 2.45 bits per heavy atom. The summed E-state index contributed by atoms with van der Waals surface area (Å²) in [6.07, 6.45) is 0.714. The molecule has 1 fully saturated rings. The van der Waals surface area contributed by atoms with E-state index in [1.54, 1.807) is 0 Å². The van der Waals surface area contributed by atoms with Crippen LogP contribution in [0.1, 0.15) is 17.2 Å². The van der Waals surface area contributed by atoms with Crippen LogP contribution in [0.2, 0.25) is 0 Å². The lowest BCUT2D eigenvalue weighted by molar-refractivity contribution is -0.154. The number of β-lactam (4-membered cyclic amide) rings is 1. The minimum absolute atomic E-state index is 0.0139. The number of rotatable bonds is 10. The zero-order chi connectivity index (χ0) is 30.8. The number of aromatic nitrogens is 4. The molecule has 2 amide bonds. The van der Waals surface area contributed by atoms with Gasteiger partial charge in [-0.3, -0.25) is 19.6 Å². The first kappa shape index (κ1) is 29.9. The van der Waals surface area contributed by atoms with Crippen molar-refractivity contribution in [1.82, 2.24) is 30.4 Å². The van der Waals surface area contributed by atoms with E-state index >= 15 is 0 Å². The smallest absolute Gasteiger partial charge is 0.356 e. The first-order chi connectivity index (χ1) is 21.3. The second-order valence-electron chi connectivity index (χ2n) is 9.53. The van der Waals surface area contributed by atoms with Gasteiger partial charge in [-0.1, -0.05) is 84.2 Å². The van der Waals surface area contributed by atoms with E-state index in [4.69, 9.17) is 10.5 Å². The fourth-order valence-electron chi connectivity index (χ4n) is 4.75. The molecule has 16 heteroatoms. The Morgan fingerprint density at radius 2 is 1.80 bits per heavy atom. The predicted octanol–water partition coefficient (Wildman–Crippen LogP) is 3.93. The Hall–Kier alpha value is -4.15. The van der Waals surface area contributed by atoms with Crippen molar-refractivity contribution in [3.63, 3.8) is 0 Å². The predicted molar refractivity (Wildman–Crippen MR) is 163 cm³/mol. The maximum Gasteiger partial charge on any atom is 0.356 e. The number of amides is 2. The average molecular weight is 656 g/mol. The standard InChI is InChI=1S/C28H23F2N7O4S3/c29-27(30)43-13-18(38)33-19-24(39)37-20(26(40)41-21(14-7-3-1-4-8-14)15-9-5-2-6-10-15)17(12-42-25(19)37)44-28-34-22(31)16-11-32-36-23(16)35-28/h1-11,19,21,25,27H,12-13H2,(H,33,38)(H3,31,32,34,35,36)/t19?,25-/m1/s1. The number of anilines is 1. The number of carbonyl (C=O) groups is 3. The van der Waals surface area contributed by atoms with Crippen molar-refractivity contribution in [2.75, 3.05) is 17.2 Å². The zero-order valence-corrected chi connectivity index (χ0v) is 25.0. The number of alkyl halides is 2. The fourth-order valence-corrected chi connectivity index (χ4v) is 7.53. The molecule has 226 valence electrons. The molecule has 0 bridgehead atoms. The maximum absolute atomic E-state index is 14.1. The summed E-state index contributed by atoms with van der Waals surface area (Å²) >= 11 is 2.53. The normalized spacial score (nSPS) is 18.0. The van der Waals surface area contributed by atoms with Gasteiger partial charge in [0.15, 0.2) is 16.9 Å². The number of nitrogen functional groups attached to an aromatic ring is 1. The topological polar surface area (TPSA) is 156 Å². The number of esters is 1. The molecular weight excluding hydrogens is 633 g/mol. The number of nitrogens with two attached hydrogens (primary N) is 1. The SMILES string of the molecule is Nc1nc(SC2=C(C(=O)OC(c3ccccc3)c3ccccc3)N3C(=O)C(NC(=O)CSC(F)F)[C@H]3SC2)nc2[nH]ncc12. The number of thioether (sulfide) groups is 3. The summed E-state index contributed by atoms with van der Waals surface area (Å²) in [5.41, 5.74) is 7.93. The molecule has 2 aromatic carbocycles. The summed E-state index contributed by atoms with van der Waals surface area (Å²) in [6.45, 7) is 0. The van der Waals surface area contributed by atoms with Crippen molar-refractivity contribution in [1.29, 1.82) is 0 Å². The highest BCUT2D eigenvalue weighted by Gasteiger charge is 2.55. The second kappa shape index (κ2) is 12.8. The lowest BCUT2D eigenvalue weighted by Gasteiger charge is -2.49. The summed E-state index contributed by atoms with van der Waals surface area (Å²) < 4.78 is 31.3. The Labute approximate surface area is 261 Å². The number of fused-ring (bicyclic) bond motifs is 2. The average Bonchev–Trinajstić information content (AvgIpc) is 3.51. The first-order valence-corrected chi connectivity index (χ1v) is 16.0. The lowest BCUT2D eigenvalue weighted by atomic mass is 10.0. The molecule has 4 N–H and O–H groups in total. The number of ether oxygens (including phenoxy) is 1. The largest absolute Gasteiger partial charge is 0.448 e. The van der Waals surface area contributed by atoms with Crippen molar-refractivity contribution in [3.8, 4) is 0 Å². The molecule has 11 nitrogen and oxygen atoms in total. The highest BCUT2D eigenvalue weighted by Crippen LogP contribution is 2.46. The Morgan fingerprint density at radius 1 is 1.11 bits per heavy atom. The van der Waals surface area contributed by atoms with Gasteiger partial charge in [-0.15, -0.1) is 11.8 Å². The van der Waals surface area contributed by atoms with E-state index in [9.17, 15) is 23.2 Å². The number of carbonyl (C=O) groups excluding carboxylic acids is 3.